The normalized spacial score (nSPS) is 21.2. The Hall–Kier alpha value is -1.42. The third kappa shape index (κ3) is 2.57. The van der Waals surface area contributed by atoms with Crippen LogP contribution in [0.5, 0.6) is 0 Å². The van der Waals surface area contributed by atoms with E-state index in [0.29, 0.717) is 6.04 Å². The fourth-order valence-corrected chi connectivity index (χ4v) is 4.61. The molecule has 4 rings (SSSR count). The van der Waals surface area contributed by atoms with Gasteiger partial charge in [0.25, 0.3) is 0 Å². The van der Waals surface area contributed by atoms with Gasteiger partial charge in [0.15, 0.2) is 0 Å². The van der Waals surface area contributed by atoms with E-state index in [4.69, 9.17) is 0 Å². The highest BCUT2D eigenvalue weighted by Gasteiger charge is 2.23. The quantitative estimate of drug-likeness (QED) is 0.840. The minimum absolute atomic E-state index is 0.433. The number of hydrogen-bond donors (Lipinski definition) is 1. The van der Waals surface area contributed by atoms with Crippen molar-refractivity contribution in [1.82, 2.24) is 9.97 Å². The second-order valence-corrected chi connectivity index (χ2v) is 7.10. The zero-order chi connectivity index (χ0) is 14.1. The van der Waals surface area contributed by atoms with Crippen LogP contribution in [0.1, 0.15) is 59.8 Å². The second kappa shape index (κ2) is 5.76. The van der Waals surface area contributed by atoms with E-state index >= 15 is 0 Å². The van der Waals surface area contributed by atoms with Gasteiger partial charge in [-0.05, 0) is 62.0 Å². The number of aryl methyl sites for hydroxylation is 2. The van der Waals surface area contributed by atoms with E-state index in [1.807, 2.05) is 11.3 Å². The van der Waals surface area contributed by atoms with E-state index in [9.17, 15) is 0 Å². The molecule has 0 aromatic carbocycles. The minimum atomic E-state index is 0.433. The van der Waals surface area contributed by atoms with Crippen molar-refractivity contribution in [3.8, 4) is 0 Å². The maximum Gasteiger partial charge on any atom is 0.133 e. The molecule has 0 amide bonds. The number of rotatable bonds is 2. The molecular weight excluding hydrogens is 278 g/mol. The highest BCUT2D eigenvalue weighted by molar-refractivity contribution is 7.10. The summed E-state index contributed by atoms with van der Waals surface area (Å²) in [6, 6.07) is 2.72. The maximum atomic E-state index is 4.57. The molecule has 0 spiro atoms. The summed E-state index contributed by atoms with van der Waals surface area (Å²) in [7, 11) is 0. The van der Waals surface area contributed by atoms with Crippen molar-refractivity contribution < 1.29 is 0 Å². The van der Waals surface area contributed by atoms with Gasteiger partial charge in [-0.25, -0.2) is 9.97 Å². The molecule has 1 unspecified atom stereocenters. The first-order valence-electron chi connectivity index (χ1n) is 8.07. The van der Waals surface area contributed by atoms with Gasteiger partial charge in [0.2, 0.25) is 0 Å². The van der Waals surface area contributed by atoms with Gasteiger partial charge in [0, 0.05) is 16.1 Å². The second-order valence-electron chi connectivity index (χ2n) is 6.10. The predicted molar refractivity (Wildman–Crippen MR) is 86.9 cm³/mol. The lowest BCUT2D eigenvalue weighted by molar-refractivity contribution is 0.605. The molecule has 0 fully saturated rings. The maximum absolute atomic E-state index is 4.57. The molecule has 0 radical (unpaired) electrons. The number of hydrogen-bond acceptors (Lipinski definition) is 4. The molecule has 2 aliphatic rings. The molecule has 2 aromatic heterocycles. The summed E-state index contributed by atoms with van der Waals surface area (Å²) in [6.45, 7) is 0. The van der Waals surface area contributed by atoms with Gasteiger partial charge in [-0.2, -0.15) is 0 Å². The third-order valence-electron chi connectivity index (χ3n) is 4.74. The molecule has 1 N–H and O–H groups in total. The van der Waals surface area contributed by atoms with Crippen LogP contribution in [0.3, 0.4) is 0 Å². The van der Waals surface area contributed by atoms with Gasteiger partial charge in [0.1, 0.15) is 12.1 Å². The Bertz CT molecular complexity index is 635. The Balaban J connectivity index is 1.64. The van der Waals surface area contributed by atoms with Crippen LogP contribution in [-0.4, -0.2) is 9.97 Å². The highest BCUT2D eigenvalue weighted by atomic mass is 32.1. The lowest BCUT2D eigenvalue weighted by Gasteiger charge is -2.25. The van der Waals surface area contributed by atoms with E-state index in [1.54, 1.807) is 11.2 Å². The SMILES string of the molecule is c1nc2c(c(NC3CCCc4sccc43)n1)CCCCC2. The molecule has 0 saturated heterocycles. The van der Waals surface area contributed by atoms with Crippen molar-refractivity contribution in [1.29, 1.82) is 0 Å². The van der Waals surface area contributed by atoms with Crippen molar-refractivity contribution in [2.45, 2.75) is 57.4 Å². The van der Waals surface area contributed by atoms with Crippen molar-refractivity contribution in [3.63, 3.8) is 0 Å². The Morgan fingerprint density at radius 2 is 2.00 bits per heavy atom. The van der Waals surface area contributed by atoms with E-state index in [0.717, 1.165) is 18.7 Å². The molecule has 0 bridgehead atoms. The zero-order valence-electron chi connectivity index (χ0n) is 12.3. The Kier molecular flexibility index (Phi) is 3.63. The van der Waals surface area contributed by atoms with Crippen LogP contribution in [-0.2, 0) is 19.3 Å². The van der Waals surface area contributed by atoms with Crippen LogP contribution in [0.15, 0.2) is 17.8 Å². The number of fused-ring (bicyclic) bond motifs is 2. The fourth-order valence-electron chi connectivity index (χ4n) is 3.62. The molecule has 0 aliphatic heterocycles. The van der Waals surface area contributed by atoms with Gasteiger partial charge in [0.05, 0.1) is 6.04 Å². The van der Waals surface area contributed by atoms with Crippen molar-refractivity contribution in [3.05, 3.63) is 39.5 Å². The number of aromatic nitrogens is 2. The standard InChI is InChI=1S/C17H21N3S/c1-2-5-13-14(6-3-1)18-11-19-17(13)20-15-7-4-8-16-12(15)9-10-21-16/h9-11,15H,1-8H2,(H,18,19,20). The van der Waals surface area contributed by atoms with Gasteiger partial charge in [-0.1, -0.05) is 6.42 Å². The highest BCUT2D eigenvalue weighted by Crippen LogP contribution is 2.36. The first kappa shape index (κ1) is 13.3. The summed E-state index contributed by atoms with van der Waals surface area (Å²) < 4.78 is 0. The third-order valence-corrected chi connectivity index (χ3v) is 5.73. The predicted octanol–water partition coefficient (Wildman–Crippen LogP) is 4.30. The van der Waals surface area contributed by atoms with Crippen LogP contribution >= 0.6 is 11.3 Å². The monoisotopic (exact) mass is 299 g/mol. The summed E-state index contributed by atoms with van der Waals surface area (Å²) in [5.74, 6) is 1.09. The number of thiophene rings is 1. The molecule has 21 heavy (non-hydrogen) atoms. The number of anilines is 1. The van der Waals surface area contributed by atoms with E-state index in [1.165, 1.54) is 55.3 Å². The average Bonchev–Trinajstić information content (AvgIpc) is 2.86. The average molecular weight is 299 g/mol. The lowest BCUT2D eigenvalue weighted by atomic mass is 9.94. The van der Waals surface area contributed by atoms with Gasteiger partial charge < -0.3 is 5.32 Å². The van der Waals surface area contributed by atoms with Gasteiger partial charge >= 0.3 is 0 Å². The largest absolute Gasteiger partial charge is 0.363 e. The Morgan fingerprint density at radius 3 is 3.00 bits per heavy atom. The van der Waals surface area contributed by atoms with Crippen LogP contribution < -0.4 is 5.32 Å². The van der Waals surface area contributed by atoms with Crippen molar-refractivity contribution in [2.75, 3.05) is 5.32 Å². The summed E-state index contributed by atoms with van der Waals surface area (Å²) in [6.07, 6.45) is 11.6. The molecule has 4 heteroatoms. The first-order valence-corrected chi connectivity index (χ1v) is 8.95. The minimum Gasteiger partial charge on any atom is -0.363 e. The summed E-state index contributed by atoms with van der Waals surface area (Å²) in [4.78, 5) is 10.6. The van der Waals surface area contributed by atoms with Crippen molar-refractivity contribution >= 4 is 17.2 Å². The van der Waals surface area contributed by atoms with Crippen LogP contribution in [0.2, 0.25) is 0 Å². The molecular formula is C17H21N3S. The van der Waals surface area contributed by atoms with E-state index in [-0.39, 0.29) is 0 Å². The molecule has 0 saturated carbocycles. The lowest BCUT2D eigenvalue weighted by Crippen LogP contribution is -2.18. The molecule has 2 heterocycles. The van der Waals surface area contributed by atoms with Gasteiger partial charge in [-0.3, -0.25) is 0 Å². The zero-order valence-corrected chi connectivity index (χ0v) is 13.1. The van der Waals surface area contributed by atoms with Crippen LogP contribution in [0, 0.1) is 0 Å². The number of nitrogens with one attached hydrogen (secondary N) is 1. The van der Waals surface area contributed by atoms with Crippen LogP contribution in [0.4, 0.5) is 5.82 Å². The topological polar surface area (TPSA) is 37.8 Å². The summed E-state index contributed by atoms with van der Waals surface area (Å²) in [5.41, 5.74) is 4.14. The molecule has 2 aliphatic carbocycles. The van der Waals surface area contributed by atoms with E-state index < -0.39 is 0 Å². The van der Waals surface area contributed by atoms with Gasteiger partial charge in [-0.15, -0.1) is 11.3 Å². The molecule has 1 atom stereocenters. The number of nitrogens with zero attached hydrogens (tertiary/aromatic N) is 2. The molecule has 2 aromatic rings. The van der Waals surface area contributed by atoms with Crippen LogP contribution in [0.25, 0.3) is 0 Å². The fraction of sp³-hybridized carbons (Fsp3) is 0.529. The Labute approximate surface area is 129 Å². The first-order chi connectivity index (χ1) is 10.4. The molecule has 110 valence electrons. The summed E-state index contributed by atoms with van der Waals surface area (Å²) in [5, 5.41) is 5.96. The van der Waals surface area contributed by atoms with Crippen molar-refractivity contribution in [2.24, 2.45) is 0 Å². The Morgan fingerprint density at radius 1 is 1.05 bits per heavy atom. The molecule has 3 nitrogen and oxygen atoms in total. The van der Waals surface area contributed by atoms with E-state index in [2.05, 4.69) is 26.7 Å². The summed E-state index contributed by atoms with van der Waals surface area (Å²) >= 11 is 1.90. The smallest absolute Gasteiger partial charge is 0.133 e.